The minimum atomic E-state index is -4.26. The predicted molar refractivity (Wildman–Crippen MR) is 237 cm³/mol. The van der Waals surface area contributed by atoms with Crippen LogP contribution < -0.4 is 5.73 Å². The second kappa shape index (κ2) is 43.8. The first-order valence-corrected chi connectivity index (χ1v) is 23.6. The van der Waals surface area contributed by atoms with E-state index in [4.69, 9.17) is 10.5 Å². The Balaban J connectivity index is 3.40. The zero-order valence-electron chi connectivity index (χ0n) is 35.3. The molecule has 56 heavy (non-hydrogen) atoms. The van der Waals surface area contributed by atoms with Crippen LogP contribution in [0.2, 0.25) is 0 Å². The summed E-state index contributed by atoms with van der Waals surface area (Å²) in [6.07, 6.45) is 60.6. The van der Waals surface area contributed by atoms with Gasteiger partial charge in [-0.05, 0) is 64.2 Å². The lowest BCUT2D eigenvalue weighted by molar-refractivity contribution is -0.147. The minimum absolute atomic E-state index is 0.0724. The number of hydrogen-bond acceptors (Lipinski definition) is 7. The summed E-state index contributed by atoms with van der Waals surface area (Å²) in [5, 5.41) is 9.77. The zero-order valence-corrected chi connectivity index (χ0v) is 36.2. The van der Waals surface area contributed by atoms with Crippen LogP contribution in [0.4, 0.5) is 0 Å². The van der Waals surface area contributed by atoms with Crippen molar-refractivity contribution in [1.29, 1.82) is 0 Å². The molecule has 0 heterocycles. The van der Waals surface area contributed by atoms with Crippen LogP contribution in [0.1, 0.15) is 174 Å². The van der Waals surface area contributed by atoms with E-state index >= 15 is 0 Å². The lowest BCUT2D eigenvalue weighted by atomic mass is 10.0. The molecule has 0 amide bonds. The quantitative estimate of drug-likeness (QED) is 0.0241. The summed E-state index contributed by atoms with van der Waals surface area (Å²) in [5.41, 5.74) is 5.20. The number of phosphoric acid groups is 1. The van der Waals surface area contributed by atoms with Crippen molar-refractivity contribution in [2.24, 2.45) is 5.73 Å². The predicted octanol–water partition coefficient (Wildman–Crippen LogP) is 13.0. The number of esters is 1. The summed E-state index contributed by atoms with van der Waals surface area (Å²) in [5.74, 6) is -0.386. The Morgan fingerprint density at radius 1 is 0.536 bits per heavy atom. The number of allylic oxidation sites excluding steroid dienone is 14. The van der Waals surface area contributed by atoms with Gasteiger partial charge in [-0.3, -0.25) is 13.8 Å². The van der Waals surface area contributed by atoms with Gasteiger partial charge in [0.05, 0.1) is 13.2 Å². The van der Waals surface area contributed by atoms with Crippen LogP contribution in [0.3, 0.4) is 0 Å². The van der Waals surface area contributed by atoms with Gasteiger partial charge in [-0.2, -0.15) is 0 Å². The molecule has 0 aliphatic carbocycles. The maximum Gasteiger partial charge on any atom is 0.472 e. The summed E-state index contributed by atoms with van der Waals surface area (Å²) < 4.78 is 25.8. The fourth-order valence-electron chi connectivity index (χ4n) is 5.79. The fraction of sp³-hybridized carbons (Fsp3) is 0.681. The lowest BCUT2D eigenvalue weighted by Crippen LogP contribution is -2.23. The van der Waals surface area contributed by atoms with Gasteiger partial charge in [0.25, 0.3) is 0 Å². The van der Waals surface area contributed by atoms with Crippen molar-refractivity contribution in [2.45, 2.75) is 180 Å². The fourth-order valence-corrected chi connectivity index (χ4v) is 6.56. The van der Waals surface area contributed by atoms with Gasteiger partial charge >= 0.3 is 13.8 Å². The summed E-state index contributed by atoms with van der Waals surface area (Å²) >= 11 is 0. The molecule has 0 aromatic carbocycles. The molecule has 2 unspecified atom stereocenters. The first-order valence-electron chi connectivity index (χ1n) is 22.1. The molecule has 0 saturated heterocycles. The van der Waals surface area contributed by atoms with Gasteiger partial charge < -0.3 is 20.5 Å². The Morgan fingerprint density at radius 2 is 0.893 bits per heavy atom. The monoisotopic (exact) mass is 804 g/mol. The van der Waals surface area contributed by atoms with Gasteiger partial charge in [-0.25, -0.2) is 4.57 Å². The number of carbonyl (C=O) groups excluding carboxylic acids is 1. The zero-order chi connectivity index (χ0) is 40.9. The number of unbranched alkanes of at least 4 members (excludes halogenated alkanes) is 17. The van der Waals surface area contributed by atoms with E-state index < -0.39 is 20.5 Å². The third kappa shape index (κ3) is 44.4. The highest BCUT2D eigenvalue weighted by Gasteiger charge is 2.22. The van der Waals surface area contributed by atoms with Crippen LogP contribution >= 0.6 is 7.82 Å². The third-order valence-corrected chi connectivity index (χ3v) is 10.0. The van der Waals surface area contributed by atoms with Gasteiger partial charge in [0.15, 0.2) is 0 Å². The SMILES string of the molecule is CC/C=C\C/C=C\C/C=C\C/C=C\C/C=C\C/C=C\C/C=C\CCCCCCCCCCCCCCCCCCCC(=O)OCC(O)COP(=O)(O)OCCN. The molecule has 2 atom stereocenters. The Hall–Kier alpha value is -2.32. The van der Waals surface area contributed by atoms with Crippen molar-refractivity contribution >= 4 is 13.8 Å². The minimum Gasteiger partial charge on any atom is -0.463 e. The first-order chi connectivity index (χ1) is 27.4. The smallest absolute Gasteiger partial charge is 0.463 e. The van der Waals surface area contributed by atoms with Gasteiger partial charge in [0, 0.05) is 13.0 Å². The topological polar surface area (TPSA) is 128 Å². The van der Waals surface area contributed by atoms with Crippen LogP contribution in [0, 0.1) is 0 Å². The second-order valence-electron chi connectivity index (χ2n) is 14.4. The molecule has 0 spiro atoms. The molecule has 4 N–H and O–H groups in total. The van der Waals surface area contributed by atoms with E-state index in [1.165, 1.54) is 96.3 Å². The van der Waals surface area contributed by atoms with E-state index in [-0.39, 0.29) is 25.7 Å². The Kier molecular flexibility index (Phi) is 42.0. The maximum absolute atomic E-state index is 11.9. The molecule has 0 radical (unpaired) electrons. The Bertz CT molecular complexity index is 1130. The highest BCUT2D eigenvalue weighted by Crippen LogP contribution is 2.42. The Labute approximate surface area is 343 Å². The number of carbonyl (C=O) groups is 1. The number of phosphoric ester groups is 1. The third-order valence-electron chi connectivity index (χ3n) is 9.03. The average Bonchev–Trinajstić information content (AvgIpc) is 3.19. The van der Waals surface area contributed by atoms with Crippen molar-refractivity contribution in [1.82, 2.24) is 0 Å². The standard InChI is InChI=1S/C47H82NO7P/c1-2-3-4-5-6-7-8-9-10-11-12-13-14-15-16-17-18-19-20-21-22-23-24-25-26-27-28-29-30-31-32-33-34-35-36-37-38-39-40-41-47(50)53-44-46(49)45-55-56(51,52)54-43-42-48/h3-4,6-7,9-10,12-13,15-16,18-19,21-22,46,49H,2,5,8,11,14,17,20,23-45,48H2,1H3,(H,51,52)/b4-3-,7-6-,10-9-,13-12-,16-15-,19-18-,22-21-. The number of aliphatic hydroxyl groups excluding tert-OH is 1. The van der Waals surface area contributed by atoms with E-state index in [2.05, 4.69) is 101 Å². The van der Waals surface area contributed by atoms with Crippen LogP contribution in [0.5, 0.6) is 0 Å². The van der Waals surface area contributed by atoms with E-state index in [0.29, 0.717) is 6.42 Å². The summed E-state index contributed by atoms with van der Waals surface area (Å²) in [6, 6.07) is 0. The molecule has 0 aliphatic rings. The van der Waals surface area contributed by atoms with E-state index in [9.17, 15) is 19.4 Å². The highest BCUT2D eigenvalue weighted by molar-refractivity contribution is 7.47. The molecule has 0 fully saturated rings. The number of nitrogens with two attached hydrogens (primary N) is 1. The van der Waals surface area contributed by atoms with E-state index in [1.807, 2.05) is 0 Å². The number of hydrogen-bond donors (Lipinski definition) is 3. The van der Waals surface area contributed by atoms with Crippen molar-refractivity contribution in [3.8, 4) is 0 Å². The van der Waals surface area contributed by atoms with E-state index in [1.54, 1.807) is 0 Å². The van der Waals surface area contributed by atoms with Crippen LogP contribution in [0.15, 0.2) is 85.1 Å². The van der Waals surface area contributed by atoms with Crippen LogP contribution in [-0.2, 0) is 23.1 Å². The molecule has 0 bridgehead atoms. The number of aliphatic hydroxyl groups is 1. The van der Waals surface area contributed by atoms with Crippen molar-refractivity contribution < 1.29 is 33.1 Å². The first kappa shape index (κ1) is 53.7. The summed E-state index contributed by atoms with van der Waals surface area (Å²) in [7, 11) is -4.26. The van der Waals surface area contributed by atoms with E-state index in [0.717, 1.165) is 64.2 Å². The van der Waals surface area contributed by atoms with Crippen molar-refractivity contribution in [3.05, 3.63) is 85.1 Å². The average molecular weight is 804 g/mol. The highest BCUT2D eigenvalue weighted by atomic mass is 31.2. The van der Waals surface area contributed by atoms with Crippen molar-refractivity contribution in [2.75, 3.05) is 26.4 Å². The van der Waals surface area contributed by atoms with Gasteiger partial charge in [-0.15, -0.1) is 0 Å². The molecule has 9 heteroatoms. The normalized spacial score (nSPS) is 14.3. The van der Waals surface area contributed by atoms with Gasteiger partial charge in [-0.1, -0.05) is 188 Å². The molecule has 0 saturated carbocycles. The molecule has 0 aliphatic heterocycles. The number of rotatable bonds is 41. The van der Waals surface area contributed by atoms with Gasteiger partial charge in [0.1, 0.15) is 12.7 Å². The maximum atomic E-state index is 11.9. The molecule has 0 aromatic heterocycles. The largest absolute Gasteiger partial charge is 0.472 e. The summed E-state index contributed by atoms with van der Waals surface area (Å²) in [4.78, 5) is 21.2. The summed E-state index contributed by atoms with van der Waals surface area (Å²) in [6.45, 7) is 1.34. The molecule has 0 aromatic rings. The molecule has 0 rings (SSSR count). The van der Waals surface area contributed by atoms with Gasteiger partial charge in [0.2, 0.25) is 0 Å². The molecular formula is C47H82NO7P. The molecule has 8 nitrogen and oxygen atoms in total. The second-order valence-corrected chi connectivity index (χ2v) is 15.8. The Morgan fingerprint density at radius 3 is 1.29 bits per heavy atom. The number of ether oxygens (including phenoxy) is 1. The lowest BCUT2D eigenvalue weighted by Gasteiger charge is -2.15. The molecule has 322 valence electrons. The van der Waals surface area contributed by atoms with Crippen molar-refractivity contribution in [3.63, 3.8) is 0 Å². The molecular weight excluding hydrogens is 721 g/mol. The van der Waals surface area contributed by atoms with Crippen LogP contribution in [0.25, 0.3) is 0 Å². The van der Waals surface area contributed by atoms with Crippen LogP contribution in [-0.4, -0.2) is 48.4 Å².